The van der Waals surface area contributed by atoms with E-state index < -0.39 is 0 Å². The first-order valence-corrected chi connectivity index (χ1v) is 7.03. The molecule has 3 unspecified atom stereocenters. The minimum absolute atomic E-state index is 0.321. The lowest BCUT2D eigenvalue weighted by Crippen LogP contribution is -2.37. The van der Waals surface area contributed by atoms with Gasteiger partial charge in [-0.2, -0.15) is 0 Å². The highest BCUT2D eigenvalue weighted by Crippen LogP contribution is 2.14. The van der Waals surface area contributed by atoms with Crippen LogP contribution >= 0.6 is 0 Å². The molecule has 0 heterocycles. The molecular formula is C14H31NO. The summed E-state index contributed by atoms with van der Waals surface area (Å²) >= 11 is 0. The minimum atomic E-state index is 0.321. The highest BCUT2D eigenvalue weighted by Gasteiger charge is 2.15. The van der Waals surface area contributed by atoms with Crippen molar-refractivity contribution in [2.45, 2.75) is 65.8 Å². The standard InChI is InChI=1S/C14H31NO/c1-5-8-12(4)14(7-3)15-11-13(6-2)9-10-16/h12-16H,5-11H2,1-4H3. The van der Waals surface area contributed by atoms with Gasteiger partial charge in [0, 0.05) is 12.6 Å². The van der Waals surface area contributed by atoms with E-state index in [1.807, 2.05) is 0 Å². The Morgan fingerprint density at radius 3 is 2.19 bits per heavy atom. The second-order valence-electron chi connectivity index (χ2n) is 4.98. The van der Waals surface area contributed by atoms with Crippen molar-refractivity contribution in [3.63, 3.8) is 0 Å². The van der Waals surface area contributed by atoms with Crippen molar-refractivity contribution in [2.24, 2.45) is 11.8 Å². The highest BCUT2D eigenvalue weighted by molar-refractivity contribution is 4.73. The fourth-order valence-corrected chi connectivity index (χ4v) is 2.36. The first-order chi connectivity index (χ1) is 7.69. The number of hydrogen-bond acceptors (Lipinski definition) is 2. The summed E-state index contributed by atoms with van der Waals surface area (Å²) in [5.74, 6) is 1.40. The molecule has 0 saturated carbocycles. The van der Waals surface area contributed by atoms with Gasteiger partial charge in [-0.3, -0.25) is 0 Å². The second-order valence-corrected chi connectivity index (χ2v) is 4.98. The molecule has 0 fully saturated rings. The second kappa shape index (κ2) is 10.1. The molecule has 0 aromatic rings. The topological polar surface area (TPSA) is 32.3 Å². The number of hydrogen-bond donors (Lipinski definition) is 2. The van der Waals surface area contributed by atoms with Gasteiger partial charge in [0.05, 0.1) is 0 Å². The maximum atomic E-state index is 8.96. The molecule has 0 bridgehead atoms. The van der Waals surface area contributed by atoms with Crippen LogP contribution in [0.4, 0.5) is 0 Å². The van der Waals surface area contributed by atoms with Crippen LogP contribution in [0.25, 0.3) is 0 Å². The predicted molar refractivity (Wildman–Crippen MR) is 71.6 cm³/mol. The minimum Gasteiger partial charge on any atom is -0.396 e. The maximum Gasteiger partial charge on any atom is 0.0434 e. The number of aliphatic hydroxyl groups is 1. The van der Waals surface area contributed by atoms with Gasteiger partial charge in [0.25, 0.3) is 0 Å². The Labute approximate surface area is 102 Å². The van der Waals surface area contributed by atoms with Crippen molar-refractivity contribution in [1.82, 2.24) is 5.32 Å². The molecule has 16 heavy (non-hydrogen) atoms. The molecule has 98 valence electrons. The van der Waals surface area contributed by atoms with Crippen LogP contribution < -0.4 is 5.32 Å². The third-order valence-electron chi connectivity index (χ3n) is 3.65. The van der Waals surface area contributed by atoms with Crippen LogP contribution in [-0.4, -0.2) is 24.3 Å². The zero-order chi connectivity index (χ0) is 12.4. The van der Waals surface area contributed by atoms with Crippen LogP contribution in [0.15, 0.2) is 0 Å². The highest BCUT2D eigenvalue weighted by atomic mass is 16.3. The van der Waals surface area contributed by atoms with E-state index >= 15 is 0 Å². The van der Waals surface area contributed by atoms with Gasteiger partial charge in [0.1, 0.15) is 0 Å². The van der Waals surface area contributed by atoms with Gasteiger partial charge in [-0.25, -0.2) is 0 Å². The maximum absolute atomic E-state index is 8.96. The van der Waals surface area contributed by atoms with Gasteiger partial charge < -0.3 is 10.4 Å². The Balaban J connectivity index is 3.92. The van der Waals surface area contributed by atoms with Crippen molar-refractivity contribution in [1.29, 1.82) is 0 Å². The molecule has 2 nitrogen and oxygen atoms in total. The van der Waals surface area contributed by atoms with Crippen LogP contribution in [0, 0.1) is 11.8 Å². The van der Waals surface area contributed by atoms with Crippen molar-refractivity contribution in [3.8, 4) is 0 Å². The van der Waals surface area contributed by atoms with E-state index in [0.717, 1.165) is 25.3 Å². The quantitative estimate of drug-likeness (QED) is 0.603. The summed E-state index contributed by atoms with van der Waals surface area (Å²) in [7, 11) is 0. The van der Waals surface area contributed by atoms with Gasteiger partial charge in [0.2, 0.25) is 0 Å². The van der Waals surface area contributed by atoms with Crippen molar-refractivity contribution in [3.05, 3.63) is 0 Å². The summed E-state index contributed by atoms with van der Waals surface area (Å²) in [6, 6.07) is 0.646. The lowest BCUT2D eigenvalue weighted by atomic mass is 9.94. The molecule has 2 heteroatoms. The SMILES string of the molecule is CCCC(C)C(CC)NCC(CC)CCO. The van der Waals surface area contributed by atoms with E-state index in [-0.39, 0.29) is 0 Å². The van der Waals surface area contributed by atoms with Crippen LogP contribution in [0.5, 0.6) is 0 Å². The molecule has 0 spiro atoms. The molecule has 2 N–H and O–H groups in total. The molecule has 0 aliphatic carbocycles. The van der Waals surface area contributed by atoms with Gasteiger partial charge in [-0.05, 0) is 37.6 Å². The van der Waals surface area contributed by atoms with E-state index in [0.29, 0.717) is 18.6 Å². The average molecular weight is 229 g/mol. The predicted octanol–water partition coefficient (Wildman–Crippen LogP) is 3.20. The summed E-state index contributed by atoms with van der Waals surface area (Å²) in [5, 5.41) is 12.6. The summed E-state index contributed by atoms with van der Waals surface area (Å²) in [4.78, 5) is 0. The Morgan fingerprint density at radius 1 is 1.06 bits per heavy atom. The first kappa shape index (κ1) is 15.9. The molecular weight excluding hydrogens is 198 g/mol. The summed E-state index contributed by atoms with van der Waals surface area (Å²) in [6.45, 7) is 10.4. The normalized spacial score (nSPS) is 17.1. The lowest BCUT2D eigenvalue weighted by molar-refractivity contribution is 0.241. The van der Waals surface area contributed by atoms with Gasteiger partial charge >= 0.3 is 0 Å². The fraction of sp³-hybridized carbons (Fsp3) is 1.00. The van der Waals surface area contributed by atoms with E-state index in [9.17, 15) is 0 Å². The number of aliphatic hydroxyl groups excluding tert-OH is 1. The first-order valence-electron chi connectivity index (χ1n) is 7.03. The zero-order valence-corrected chi connectivity index (χ0v) is 11.6. The van der Waals surface area contributed by atoms with Gasteiger partial charge in [0.15, 0.2) is 0 Å². The largest absolute Gasteiger partial charge is 0.396 e. The Kier molecular flexibility index (Phi) is 10.0. The van der Waals surface area contributed by atoms with Crippen LogP contribution in [0.1, 0.15) is 59.8 Å². The molecule has 0 rings (SSSR count). The van der Waals surface area contributed by atoms with Crippen molar-refractivity contribution >= 4 is 0 Å². The molecule has 3 atom stereocenters. The van der Waals surface area contributed by atoms with E-state index in [4.69, 9.17) is 5.11 Å². The summed E-state index contributed by atoms with van der Waals surface area (Å²) in [6.07, 6.45) is 5.88. The Hall–Kier alpha value is -0.0800. The van der Waals surface area contributed by atoms with Gasteiger partial charge in [-0.1, -0.05) is 40.5 Å². The summed E-state index contributed by atoms with van der Waals surface area (Å²) in [5.41, 5.74) is 0. The third kappa shape index (κ3) is 6.49. The number of rotatable bonds is 10. The fourth-order valence-electron chi connectivity index (χ4n) is 2.36. The van der Waals surface area contributed by atoms with E-state index in [1.54, 1.807) is 0 Å². The molecule has 0 amide bonds. The molecule has 0 saturated heterocycles. The van der Waals surface area contributed by atoms with Crippen LogP contribution in [0.2, 0.25) is 0 Å². The van der Waals surface area contributed by atoms with Crippen molar-refractivity contribution in [2.75, 3.05) is 13.2 Å². The molecule has 0 aliphatic rings. The Morgan fingerprint density at radius 2 is 1.75 bits per heavy atom. The molecule has 0 aromatic heterocycles. The number of nitrogens with one attached hydrogen (secondary N) is 1. The molecule has 0 aromatic carbocycles. The Bertz CT molecular complexity index is 150. The zero-order valence-electron chi connectivity index (χ0n) is 11.6. The molecule has 0 aliphatic heterocycles. The lowest BCUT2D eigenvalue weighted by Gasteiger charge is -2.26. The van der Waals surface area contributed by atoms with Gasteiger partial charge in [-0.15, -0.1) is 0 Å². The third-order valence-corrected chi connectivity index (χ3v) is 3.65. The van der Waals surface area contributed by atoms with Crippen LogP contribution in [0.3, 0.4) is 0 Å². The molecule has 0 radical (unpaired) electrons. The van der Waals surface area contributed by atoms with Crippen LogP contribution in [-0.2, 0) is 0 Å². The average Bonchev–Trinajstić information content (AvgIpc) is 2.28. The monoisotopic (exact) mass is 229 g/mol. The van der Waals surface area contributed by atoms with E-state index in [1.165, 1.54) is 19.3 Å². The smallest absolute Gasteiger partial charge is 0.0434 e. The van der Waals surface area contributed by atoms with Crippen molar-refractivity contribution < 1.29 is 5.11 Å². The van der Waals surface area contributed by atoms with E-state index in [2.05, 4.69) is 33.0 Å². The summed E-state index contributed by atoms with van der Waals surface area (Å²) < 4.78 is 0.